The van der Waals surface area contributed by atoms with Crippen molar-refractivity contribution in [3.63, 3.8) is 0 Å². The molecule has 0 unspecified atom stereocenters. The van der Waals surface area contributed by atoms with Crippen LogP contribution >= 0.6 is 11.3 Å². The number of fused-ring (bicyclic) bond motifs is 1. The molecule has 2 aliphatic rings. The van der Waals surface area contributed by atoms with Gasteiger partial charge in [-0.05, 0) is 74.8 Å². The first-order valence-electron chi connectivity index (χ1n) is 15.8. The average Bonchev–Trinajstić information content (AvgIpc) is 3.69. The monoisotopic (exact) mass is 678 g/mol. The highest BCUT2D eigenvalue weighted by Gasteiger charge is 2.32. The predicted octanol–water partition coefficient (Wildman–Crippen LogP) is 6.91. The van der Waals surface area contributed by atoms with E-state index in [4.69, 9.17) is 9.72 Å². The standard InChI is InChI=1S/C33H33F3N8O3S/c1-3-42-13-15-43(16-14-42)27-19-28-25(38-29(44(28)22-7-8-22)20-5-9-23(10-6-20)47-33(34,35)36)18-24(27)39-32-41-40-30(48-32)26-17-21(11-12-37-26)31(45)46-4-2/h5-6,9-12,17-19,22H,3-4,7-8,13-16H2,1-2H3,(H,39,41). The Hall–Kier alpha value is -4.76. The van der Waals surface area contributed by atoms with Crippen molar-refractivity contribution in [2.24, 2.45) is 0 Å². The fraction of sp³-hybridized carbons (Fsp3) is 0.364. The van der Waals surface area contributed by atoms with Crippen LogP contribution in [0.3, 0.4) is 0 Å². The Balaban J connectivity index is 1.25. The number of likely N-dealkylation sites (N-methyl/N-ethyl adjacent to an activating group) is 1. The Morgan fingerprint density at radius 2 is 1.79 bits per heavy atom. The largest absolute Gasteiger partial charge is 0.573 e. The van der Waals surface area contributed by atoms with Crippen LogP contribution in [0.1, 0.15) is 43.1 Å². The van der Waals surface area contributed by atoms with Gasteiger partial charge in [0.2, 0.25) is 5.13 Å². The molecule has 1 N–H and O–H groups in total. The van der Waals surface area contributed by atoms with E-state index in [-0.39, 0.29) is 18.4 Å². The van der Waals surface area contributed by atoms with E-state index in [1.807, 2.05) is 6.07 Å². The lowest BCUT2D eigenvalue weighted by atomic mass is 10.2. The van der Waals surface area contributed by atoms with Gasteiger partial charge >= 0.3 is 12.3 Å². The summed E-state index contributed by atoms with van der Waals surface area (Å²) in [5.41, 5.74) is 5.11. The highest BCUT2D eigenvalue weighted by molar-refractivity contribution is 7.18. The first-order valence-corrected chi connectivity index (χ1v) is 16.6. The zero-order chi connectivity index (χ0) is 33.4. The second-order valence-corrected chi connectivity index (χ2v) is 12.6. The summed E-state index contributed by atoms with van der Waals surface area (Å²) in [5, 5.41) is 13.3. The normalized spacial score (nSPS) is 15.6. The first-order chi connectivity index (χ1) is 23.2. The van der Waals surface area contributed by atoms with Crippen LogP contribution in [0.2, 0.25) is 0 Å². The Labute approximate surface area is 278 Å². The van der Waals surface area contributed by atoms with Gasteiger partial charge in [0.25, 0.3) is 0 Å². The number of imidazole rings is 1. The predicted molar refractivity (Wildman–Crippen MR) is 177 cm³/mol. The summed E-state index contributed by atoms with van der Waals surface area (Å²) in [5.74, 6) is -0.0176. The topological polar surface area (TPSA) is 111 Å². The van der Waals surface area contributed by atoms with Crippen molar-refractivity contribution in [3.8, 4) is 27.8 Å². The number of piperazine rings is 1. The maximum absolute atomic E-state index is 12.8. The van der Waals surface area contributed by atoms with Crippen LogP contribution in [0.25, 0.3) is 33.1 Å². The fourth-order valence-electron chi connectivity index (χ4n) is 5.89. The number of pyridine rings is 1. The first kappa shape index (κ1) is 31.8. The summed E-state index contributed by atoms with van der Waals surface area (Å²) in [4.78, 5) is 26.4. The van der Waals surface area contributed by atoms with E-state index < -0.39 is 12.3 Å². The summed E-state index contributed by atoms with van der Waals surface area (Å²) < 4.78 is 49.8. The van der Waals surface area contributed by atoms with Crippen LogP contribution in [0.5, 0.6) is 5.75 Å². The van der Waals surface area contributed by atoms with Gasteiger partial charge in [-0.2, -0.15) is 0 Å². The van der Waals surface area contributed by atoms with Crippen LogP contribution in [0.15, 0.2) is 54.7 Å². The number of nitrogens with one attached hydrogen (secondary N) is 1. The minimum atomic E-state index is -4.76. The molecule has 15 heteroatoms. The molecule has 11 nitrogen and oxygen atoms in total. The van der Waals surface area contributed by atoms with E-state index in [0.717, 1.165) is 68.0 Å². The molecule has 1 saturated carbocycles. The van der Waals surface area contributed by atoms with E-state index in [0.29, 0.717) is 32.8 Å². The van der Waals surface area contributed by atoms with E-state index in [2.05, 4.69) is 52.6 Å². The van der Waals surface area contributed by atoms with Crippen LogP contribution in [0, 0.1) is 0 Å². The van der Waals surface area contributed by atoms with E-state index in [1.165, 1.54) is 23.5 Å². The van der Waals surface area contributed by atoms with Crippen molar-refractivity contribution in [3.05, 3.63) is 60.3 Å². The summed E-state index contributed by atoms with van der Waals surface area (Å²) in [6, 6.07) is 13.5. The molecule has 1 aliphatic carbocycles. The Bertz CT molecular complexity index is 1930. The van der Waals surface area contributed by atoms with Gasteiger partial charge in [0.1, 0.15) is 17.3 Å². The van der Waals surface area contributed by atoms with Crippen molar-refractivity contribution in [1.29, 1.82) is 0 Å². The molecule has 0 amide bonds. The molecular weight excluding hydrogens is 645 g/mol. The third-order valence-electron chi connectivity index (χ3n) is 8.38. The second kappa shape index (κ2) is 13.0. The van der Waals surface area contributed by atoms with E-state index in [1.54, 1.807) is 37.4 Å². The van der Waals surface area contributed by atoms with Crippen LogP contribution in [0.4, 0.5) is 29.7 Å². The average molecular weight is 679 g/mol. The summed E-state index contributed by atoms with van der Waals surface area (Å²) in [7, 11) is 0. The molecule has 48 heavy (non-hydrogen) atoms. The highest BCUT2D eigenvalue weighted by Crippen LogP contribution is 2.44. The second-order valence-electron chi connectivity index (χ2n) is 11.6. The van der Waals surface area contributed by atoms with Gasteiger partial charge in [-0.3, -0.25) is 4.98 Å². The number of anilines is 3. The Kier molecular flexibility index (Phi) is 8.64. The molecule has 0 spiro atoms. The summed E-state index contributed by atoms with van der Waals surface area (Å²) in [6.07, 6.45) is -1.22. The zero-order valence-electron chi connectivity index (χ0n) is 26.3. The molecule has 5 aromatic rings. The number of hydrogen-bond acceptors (Lipinski definition) is 11. The molecule has 3 aromatic heterocycles. The minimum Gasteiger partial charge on any atom is -0.462 e. The molecule has 4 heterocycles. The molecule has 2 aromatic carbocycles. The van der Waals surface area contributed by atoms with Gasteiger partial charge in [0.05, 0.1) is 34.6 Å². The molecule has 2 fully saturated rings. The molecule has 0 radical (unpaired) electrons. The lowest BCUT2D eigenvalue weighted by molar-refractivity contribution is -0.274. The maximum Gasteiger partial charge on any atom is 0.573 e. The van der Waals surface area contributed by atoms with Crippen molar-refractivity contribution in [2.45, 2.75) is 39.1 Å². The lowest BCUT2D eigenvalue weighted by Gasteiger charge is -2.36. The fourth-order valence-corrected chi connectivity index (χ4v) is 6.61. The van der Waals surface area contributed by atoms with Gasteiger partial charge in [0, 0.05) is 44.0 Å². The van der Waals surface area contributed by atoms with Gasteiger partial charge in [-0.15, -0.1) is 23.4 Å². The SMILES string of the molecule is CCOC(=O)c1ccnc(-c2nnc(Nc3cc4nc(-c5ccc(OC(F)(F)F)cc5)n(C5CC5)c4cc3N3CCN(CC)CC3)s2)c1. The lowest BCUT2D eigenvalue weighted by Crippen LogP contribution is -2.46. The number of benzene rings is 2. The van der Waals surface area contributed by atoms with Gasteiger partial charge < -0.3 is 29.2 Å². The van der Waals surface area contributed by atoms with Crippen molar-refractivity contribution >= 4 is 44.8 Å². The highest BCUT2D eigenvalue weighted by atomic mass is 32.1. The number of nitrogens with zero attached hydrogens (tertiary/aromatic N) is 7. The maximum atomic E-state index is 12.8. The number of esters is 1. The molecule has 7 rings (SSSR count). The number of ether oxygens (including phenoxy) is 2. The summed E-state index contributed by atoms with van der Waals surface area (Å²) in [6.45, 7) is 8.71. The quantitative estimate of drug-likeness (QED) is 0.157. The number of alkyl halides is 3. The van der Waals surface area contributed by atoms with E-state index in [9.17, 15) is 18.0 Å². The molecule has 250 valence electrons. The number of aromatic nitrogens is 5. The molecule has 1 aliphatic heterocycles. The van der Waals surface area contributed by atoms with E-state index >= 15 is 0 Å². The van der Waals surface area contributed by atoms with Gasteiger partial charge in [-0.1, -0.05) is 18.3 Å². The summed E-state index contributed by atoms with van der Waals surface area (Å²) >= 11 is 1.31. The Morgan fingerprint density at radius 1 is 1.02 bits per heavy atom. The van der Waals surface area contributed by atoms with Crippen molar-refractivity contribution in [2.75, 3.05) is 49.5 Å². The van der Waals surface area contributed by atoms with Crippen LogP contribution in [-0.2, 0) is 4.74 Å². The number of rotatable bonds is 10. The molecule has 0 atom stereocenters. The van der Waals surface area contributed by atoms with Gasteiger partial charge in [-0.25, -0.2) is 9.78 Å². The number of carbonyl (C=O) groups is 1. The Morgan fingerprint density at radius 3 is 2.48 bits per heavy atom. The molecule has 1 saturated heterocycles. The zero-order valence-corrected chi connectivity index (χ0v) is 27.1. The van der Waals surface area contributed by atoms with Crippen molar-refractivity contribution in [1.82, 2.24) is 29.6 Å². The third-order valence-corrected chi connectivity index (χ3v) is 9.24. The third kappa shape index (κ3) is 6.78. The molecule has 0 bridgehead atoms. The number of carbonyl (C=O) groups excluding carboxylic acids is 1. The minimum absolute atomic E-state index is 0.253. The number of hydrogen-bond donors (Lipinski definition) is 1. The number of halogens is 3. The van der Waals surface area contributed by atoms with Crippen molar-refractivity contribution < 1.29 is 27.4 Å². The smallest absolute Gasteiger partial charge is 0.462 e. The van der Waals surface area contributed by atoms with Gasteiger partial charge in [0.15, 0.2) is 5.01 Å². The molecular formula is C33H33F3N8O3S. The van der Waals surface area contributed by atoms with Crippen LogP contribution in [-0.4, -0.2) is 81.3 Å². The van der Waals surface area contributed by atoms with Crippen LogP contribution < -0.4 is 15.0 Å².